The Balaban J connectivity index is 1.70. The Hall–Kier alpha value is -2.76. The summed E-state index contributed by atoms with van der Waals surface area (Å²) in [4.78, 5) is 16.2. The Morgan fingerprint density at radius 1 is 1.41 bits per heavy atom. The van der Waals surface area contributed by atoms with Crippen molar-refractivity contribution in [3.8, 4) is 0 Å². The average molecular weight is 464 g/mol. The van der Waals surface area contributed by atoms with E-state index in [1.54, 1.807) is 14.2 Å². The standard InChI is InChI=1S/C21H23F2N5O3S/c1-28-20(24)27-21(8-7-14(31-2)10-18(21)32(28)30)15-9-13(4-5-16(15)23)26-19(29)17-6-3-12(22)11-25-17/h3-6,9,11,14,18H,7-8,10H2,1-2H3,(H2,24,27)(H,26,29). The third kappa shape index (κ3) is 3.91. The van der Waals surface area contributed by atoms with Crippen LogP contribution in [0.25, 0.3) is 0 Å². The number of fused-ring (bicyclic) bond motifs is 1. The van der Waals surface area contributed by atoms with Crippen LogP contribution >= 0.6 is 0 Å². The molecule has 0 spiro atoms. The van der Waals surface area contributed by atoms with Gasteiger partial charge in [-0.1, -0.05) is 0 Å². The molecule has 1 aliphatic carbocycles. The van der Waals surface area contributed by atoms with Crippen LogP contribution in [0.15, 0.2) is 36.5 Å². The highest BCUT2D eigenvalue weighted by Crippen LogP contribution is 2.46. The summed E-state index contributed by atoms with van der Waals surface area (Å²) in [6, 6.07) is 6.49. The second-order valence-corrected chi connectivity index (χ2v) is 9.52. The second-order valence-electron chi connectivity index (χ2n) is 7.85. The molecule has 32 heavy (non-hydrogen) atoms. The monoisotopic (exact) mass is 463 g/mol. The number of amides is 1. The highest BCUT2D eigenvalue weighted by atomic mass is 32.2. The molecule has 2 aliphatic rings. The van der Waals surface area contributed by atoms with Crippen LogP contribution in [0.1, 0.15) is 35.3 Å². The van der Waals surface area contributed by atoms with Crippen LogP contribution in [0.2, 0.25) is 0 Å². The van der Waals surface area contributed by atoms with Gasteiger partial charge in [0.1, 0.15) is 22.9 Å². The molecule has 4 unspecified atom stereocenters. The molecule has 2 heterocycles. The number of carbonyl (C=O) groups excluding carboxylic acids is 1. The molecular weight excluding hydrogens is 440 g/mol. The van der Waals surface area contributed by atoms with Crippen molar-refractivity contribution in [2.75, 3.05) is 19.5 Å². The predicted molar refractivity (Wildman–Crippen MR) is 115 cm³/mol. The number of nitrogens with one attached hydrogen (secondary N) is 3. The Bertz CT molecular complexity index is 1040. The molecule has 170 valence electrons. The fraction of sp³-hybridized carbons (Fsp3) is 0.381. The van der Waals surface area contributed by atoms with Gasteiger partial charge in [-0.2, -0.15) is 4.31 Å². The van der Waals surface area contributed by atoms with E-state index in [-0.39, 0.29) is 23.3 Å². The maximum absolute atomic E-state index is 15.1. The normalized spacial score (nSPS) is 27.5. The number of methoxy groups -OCH3 is 1. The lowest BCUT2D eigenvalue weighted by atomic mass is 9.74. The van der Waals surface area contributed by atoms with Crippen LogP contribution in [0.3, 0.4) is 0 Å². The second kappa shape index (κ2) is 8.64. The fourth-order valence-corrected chi connectivity index (χ4v) is 5.95. The number of carbonyl (C=O) groups is 1. The Labute approximate surface area is 187 Å². The molecule has 1 amide bonds. The minimum Gasteiger partial charge on any atom is -0.593 e. The van der Waals surface area contributed by atoms with Crippen LogP contribution < -0.4 is 10.6 Å². The molecule has 0 radical (unpaired) electrons. The number of pyridine rings is 1. The first-order valence-electron chi connectivity index (χ1n) is 10.0. The summed E-state index contributed by atoms with van der Waals surface area (Å²) in [6.07, 6.45) is 2.21. The molecule has 1 aliphatic heterocycles. The highest BCUT2D eigenvalue weighted by Gasteiger charge is 2.58. The van der Waals surface area contributed by atoms with Gasteiger partial charge >= 0.3 is 0 Å². The molecule has 8 nitrogen and oxygen atoms in total. The minimum absolute atomic E-state index is 0.00853. The van der Waals surface area contributed by atoms with Crippen molar-refractivity contribution in [1.29, 1.82) is 5.41 Å². The van der Waals surface area contributed by atoms with Crippen LogP contribution in [0.4, 0.5) is 14.5 Å². The zero-order chi connectivity index (χ0) is 23.0. The largest absolute Gasteiger partial charge is 0.593 e. The topological polar surface area (TPSA) is 113 Å². The molecule has 2 aromatic rings. The van der Waals surface area contributed by atoms with E-state index < -0.39 is 39.7 Å². The van der Waals surface area contributed by atoms with Gasteiger partial charge in [0, 0.05) is 24.8 Å². The molecule has 1 saturated heterocycles. The first kappa shape index (κ1) is 22.4. The first-order valence-corrected chi connectivity index (χ1v) is 11.2. The zero-order valence-electron chi connectivity index (χ0n) is 17.5. The van der Waals surface area contributed by atoms with Crippen LogP contribution in [-0.4, -0.2) is 51.2 Å². The average Bonchev–Trinajstić information content (AvgIpc) is 2.79. The van der Waals surface area contributed by atoms with Crippen molar-refractivity contribution in [3.63, 3.8) is 0 Å². The third-order valence-electron chi connectivity index (χ3n) is 6.06. The number of benzene rings is 1. The lowest BCUT2D eigenvalue weighted by Gasteiger charge is -2.51. The van der Waals surface area contributed by atoms with E-state index in [1.807, 2.05) is 0 Å². The van der Waals surface area contributed by atoms with Crippen LogP contribution in [0.5, 0.6) is 0 Å². The van der Waals surface area contributed by atoms with Crippen molar-refractivity contribution in [1.82, 2.24) is 14.6 Å². The molecule has 1 aromatic heterocycles. The van der Waals surface area contributed by atoms with Gasteiger partial charge in [-0.15, -0.1) is 0 Å². The molecule has 1 aromatic carbocycles. The third-order valence-corrected chi connectivity index (χ3v) is 7.86. The van der Waals surface area contributed by atoms with Crippen LogP contribution in [0, 0.1) is 17.0 Å². The van der Waals surface area contributed by atoms with E-state index in [9.17, 15) is 13.7 Å². The lowest BCUT2D eigenvalue weighted by molar-refractivity contribution is 0.0432. The van der Waals surface area contributed by atoms with E-state index in [1.165, 1.54) is 28.6 Å². The predicted octanol–water partition coefficient (Wildman–Crippen LogP) is 2.51. The molecule has 1 saturated carbocycles. The SMILES string of the molecule is COC1CCC2(c3cc(NC(=O)c4ccc(F)cn4)ccc3F)NC(=N)N(C)[S+]([O-])C2C1. The number of aromatic nitrogens is 1. The van der Waals surface area contributed by atoms with Gasteiger partial charge in [-0.05, 0) is 43.2 Å². The summed E-state index contributed by atoms with van der Waals surface area (Å²) in [6.45, 7) is 0. The van der Waals surface area contributed by atoms with Crippen molar-refractivity contribution in [3.05, 3.63) is 59.4 Å². The van der Waals surface area contributed by atoms with E-state index in [0.29, 0.717) is 24.9 Å². The Kier molecular flexibility index (Phi) is 6.06. The molecule has 4 rings (SSSR count). The summed E-state index contributed by atoms with van der Waals surface area (Å²) < 4.78 is 48.2. The summed E-state index contributed by atoms with van der Waals surface area (Å²) in [5.74, 6) is -1.75. The molecule has 3 N–H and O–H groups in total. The summed E-state index contributed by atoms with van der Waals surface area (Å²) in [5, 5.41) is 13.4. The van der Waals surface area contributed by atoms with Gasteiger partial charge in [0.2, 0.25) is 5.96 Å². The number of halogens is 2. The van der Waals surface area contributed by atoms with E-state index in [2.05, 4.69) is 15.6 Å². The summed E-state index contributed by atoms with van der Waals surface area (Å²) in [7, 11) is 3.14. The zero-order valence-corrected chi connectivity index (χ0v) is 18.3. The van der Waals surface area contributed by atoms with Crippen molar-refractivity contribution >= 4 is 28.9 Å². The maximum atomic E-state index is 15.1. The minimum atomic E-state index is -1.58. The smallest absolute Gasteiger partial charge is 0.274 e. The number of anilines is 1. The number of guanidine groups is 1. The van der Waals surface area contributed by atoms with Crippen molar-refractivity contribution in [2.24, 2.45) is 0 Å². The summed E-state index contributed by atoms with van der Waals surface area (Å²) >= 11 is -1.58. The maximum Gasteiger partial charge on any atom is 0.274 e. The number of nitrogens with zero attached hydrogens (tertiary/aromatic N) is 2. The first-order chi connectivity index (χ1) is 15.2. The Morgan fingerprint density at radius 2 is 2.19 bits per heavy atom. The van der Waals surface area contributed by atoms with Gasteiger partial charge in [0.25, 0.3) is 5.91 Å². The number of rotatable bonds is 4. The van der Waals surface area contributed by atoms with Crippen molar-refractivity contribution in [2.45, 2.75) is 36.2 Å². The Morgan fingerprint density at radius 3 is 2.88 bits per heavy atom. The van der Waals surface area contributed by atoms with Crippen molar-refractivity contribution < 1.29 is 22.9 Å². The van der Waals surface area contributed by atoms with Crippen LogP contribution in [-0.2, 0) is 21.6 Å². The van der Waals surface area contributed by atoms with E-state index in [4.69, 9.17) is 10.1 Å². The lowest BCUT2D eigenvalue weighted by Crippen LogP contribution is -2.69. The van der Waals surface area contributed by atoms with Gasteiger partial charge in [-0.25, -0.2) is 13.8 Å². The molecule has 11 heteroatoms. The molecule has 4 atom stereocenters. The van der Waals surface area contributed by atoms with Gasteiger partial charge < -0.3 is 19.9 Å². The summed E-state index contributed by atoms with van der Waals surface area (Å²) in [5.41, 5.74) is -0.567. The number of hydrogen-bond acceptors (Lipinski definition) is 5. The number of hydrogen-bond donors (Lipinski definition) is 3. The number of ether oxygens (including phenoxy) is 1. The molecule has 0 bridgehead atoms. The molecule has 2 fully saturated rings. The quantitative estimate of drug-likeness (QED) is 0.601. The fourth-order valence-electron chi connectivity index (χ4n) is 4.32. The van der Waals surface area contributed by atoms with Gasteiger partial charge in [0.05, 0.1) is 30.7 Å². The van der Waals surface area contributed by atoms with E-state index >= 15 is 4.39 Å². The van der Waals surface area contributed by atoms with Gasteiger partial charge in [-0.3, -0.25) is 10.2 Å². The highest BCUT2D eigenvalue weighted by molar-refractivity contribution is 7.90. The van der Waals surface area contributed by atoms with E-state index in [0.717, 1.165) is 12.3 Å². The molecular formula is C21H23F2N5O3S. The van der Waals surface area contributed by atoms with Gasteiger partial charge in [0.15, 0.2) is 5.25 Å².